The molecule has 0 saturated heterocycles. The molecule has 0 saturated carbocycles. The summed E-state index contributed by atoms with van der Waals surface area (Å²) in [6.45, 7) is -0.346. The van der Waals surface area contributed by atoms with Gasteiger partial charge in [0, 0.05) is 0 Å². The third-order valence-corrected chi connectivity index (χ3v) is 4.94. The normalized spacial score (nSPS) is 10.7. The number of ether oxygens (including phenoxy) is 3. The lowest BCUT2D eigenvalue weighted by molar-refractivity contribution is -0.119. The highest BCUT2D eigenvalue weighted by molar-refractivity contribution is 7.92. The van der Waals surface area contributed by atoms with Crippen molar-refractivity contribution >= 4 is 33.6 Å². The number of amides is 1. The van der Waals surface area contributed by atoms with Gasteiger partial charge in [-0.2, -0.15) is 0 Å². The molecule has 1 amide bonds. The van der Waals surface area contributed by atoms with Gasteiger partial charge < -0.3 is 19.9 Å². The average molecular weight is 422 g/mol. The van der Waals surface area contributed by atoms with Crippen molar-refractivity contribution in [3.05, 3.63) is 53.6 Å². The molecule has 29 heavy (non-hydrogen) atoms. The highest BCUT2D eigenvalue weighted by Gasteiger charge is 2.19. The lowest BCUT2D eigenvalue weighted by Gasteiger charge is -2.11. The van der Waals surface area contributed by atoms with Crippen molar-refractivity contribution < 1.29 is 37.0 Å². The van der Waals surface area contributed by atoms with Crippen LogP contribution in [0.5, 0.6) is 5.75 Å². The van der Waals surface area contributed by atoms with Gasteiger partial charge in [0.25, 0.3) is 15.9 Å². The third-order valence-electron chi connectivity index (χ3n) is 3.54. The van der Waals surface area contributed by atoms with Crippen molar-refractivity contribution in [3.63, 3.8) is 0 Å². The number of nitrogens with one attached hydrogen (secondary N) is 1. The summed E-state index contributed by atoms with van der Waals surface area (Å²) in [6.07, 6.45) is 0. The predicted octanol–water partition coefficient (Wildman–Crippen LogP) is 0.925. The number of anilines is 1. The zero-order valence-electron chi connectivity index (χ0n) is 15.5. The van der Waals surface area contributed by atoms with E-state index in [-0.39, 0.29) is 34.1 Å². The Labute approximate surface area is 166 Å². The van der Waals surface area contributed by atoms with Crippen molar-refractivity contribution in [2.75, 3.05) is 25.5 Å². The van der Waals surface area contributed by atoms with E-state index in [4.69, 9.17) is 10.5 Å². The molecule has 0 spiro atoms. The summed E-state index contributed by atoms with van der Waals surface area (Å²) in [5, 5.41) is 0. The molecule has 11 heteroatoms. The van der Waals surface area contributed by atoms with Crippen molar-refractivity contribution in [2.24, 2.45) is 5.73 Å². The molecule has 0 atom stereocenters. The van der Waals surface area contributed by atoms with E-state index in [0.717, 1.165) is 14.2 Å². The molecule has 2 rings (SSSR count). The Morgan fingerprint density at radius 2 is 1.45 bits per heavy atom. The molecule has 154 valence electrons. The van der Waals surface area contributed by atoms with E-state index in [1.54, 1.807) is 0 Å². The Balaban J connectivity index is 2.32. The van der Waals surface area contributed by atoms with Crippen LogP contribution in [0.25, 0.3) is 0 Å². The quantitative estimate of drug-likeness (QED) is 0.596. The Morgan fingerprint density at radius 1 is 0.931 bits per heavy atom. The minimum atomic E-state index is -4.06. The zero-order valence-corrected chi connectivity index (χ0v) is 16.3. The fourth-order valence-electron chi connectivity index (χ4n) is 2.24. The van der Waals surface area contributed by atoms with Gasteiger partial charge in [-0.15, -0.1) is 0 Å². The first kappa shape index (κ1) is 21.7. The molecule has 2 aromatic carbocycles. The van der Waals surface area contributed by atoms with E-state index in [1.165, 1.54) is 42.5 Å². The van der Waals surface area contributed by atoms with Crippen LogP contribution >= 0.6 is 0 Å². The number of hydrogen-bond donors (Lipinski definition) is 2. The van der Waals surface area contributed by atoms with Crippen LogP contribution in [0.3, 0.4) is 0 Å². The minimum absolute atomic E-state index is 0.0386. The smallest absolute Gasteiger partial charge is 0.337 e. The van der Waals surface area contributed by atoms with Gasteiger partial charge in [-0.1, -0.05) is 0 Å². The Bertz CT molecular complexity index is 998. The van der Waals surface area contributed by atoms with Crippen LogP contribution in [0, 0.1) is 0 Å². The van der Waals surface area contributed by atoms with Crippen LogP contribution in [0.4, 0.5) is 5.69 Å². The molecule has 0 unspecified atom stereocenters. The van der Waals surface area contributed by atoms with Gasteiger partial charge in [-0.25, -0.2) is 18.0 Å². The molecule has 0 fully saturated rings. The second-order valence-corrected chi connectivity index (χ2v) is 7.30. The summed E-state index contributed by atoms with van der Waals surface area (Å²) in [4.78, 5) is 34.2. The number of carbonyl (C=O) groups excluding carboxylic acids is 3. The molecule has 0 heterocycles. The van der Waals surface area contributed by atoms with E-state index in [2.05, 4.69) is 14.2 Å². The number of methoxy groups -OCH3 is 2. The summed E-state index contributed by atoms with van der Waals surface area (Å²) in [6, 6.07) is 8.87. The molecule has 0 aliphatic heterocycles. The minimum Gasteiger partial charge on any atom is -0.484 e. The average Bonchev–Trinajstić information content (AvgIpc) is 2.70. The maximum absolute atomic E-state index is 12.6. The van der Waals surface area contributed by atoms with Gasteiger partial charge in [0.2, 0.25) is 0 Å². The van der Waals surface area contributed by atoms with Gasteiger partial charge in [-0.05, 0) is 42.5 Å². The lowest BCUT2D eigenvalue weighted by Crippen LogP contribution is -2.20. The fraction of sp³-hybridized carbons (Fsp3) is 0.167. The molecule has 0 aliphatic rings. The second kappa shape index (κ2) is 9.06. The number of carbonyl (C=O) groups is 3. The number of rotatable bonds is 8. The van der Waals surface area contributed by atoms with E-state index in [0.29, 0.717) is 0 Å². The van der Waals surface area contributed by atoms with Crippen LogP contribution in [-0.2, 0) is 24.3 Å². The highest BCUT2D eigenvalue weighted by Crippen LogP contribution is 2.22. The Kier molecular flexibility index (Phi) is 6.78. The molecule has 0 aliphatic carbocycles. The van der Waals surface area contributed by atoms with Crippen molar-refractivity contribution in [3.8, 4) is 5.75 Å². The first-order valence-electron chi connectivity index (χ1n) is 8.02. The van der Waals surface area contributed by atoms with Crippen LogP contribution in [-0.4, -0.2) is 47.1 Å². The molecule has 0 aromatic heterocycles. The molecular weight excluding hydrogens is 404 g/mol. The number of hydrogen-bond acceptors (Lipinski definition) is 8. The Hall–Kier alpha value is -3.60. The first-order chi connectivity index (χ1) is 13.7. The first-order valence-corrected chi connectivity index (χ1v) is 9.50. The lowest BCUT2D eigenvalue weighted by atomic mass is 10.1. The number of sulfonamides is 1. The van der Waals surface area contributed by atoms with Crippen molar-refractivity contribution in [2.45, 2.75) is 4.90 Å². The van der Waals surface area contributed by atoms with Gasteiger partial charge in [0.1, 0.15) is 5.75 Å². The predicted molar refractivity (Wildman–Crippen MR) is 101 cm³/mol. The van der Waals surface area contributed by atoms with Crippen LogP contribution < -0.4 is 15.2 Å². The van der Waals surface area contributed by atoms with Crippen LogP contribution in [0.2, 0.25) is 0 Å². The van der Waals surface area contributed by atoms with Gasteiger partial charge in [-0.3, -0.25) is 9.52 Å². The molecular formula is C18H18N2O8S. The van der Waals surface area contributed by atoms with E-state index < -0.39 is 27.9 Å². The van der Waals surface area contributed by atoms with Crippen molar-refractivity contribution in [1.29, 1.82) is 0 Å². The summed E-state index contributed by atoms with van der Waals surface area (Å²) < 4.78 is 41.8. The van der Waals surface area contributed by atoms with E-state index in [1.807, 2.05) is 0 Å². The number of benzene rings is 2. The maximum Gasteiger partial charge on any atom is 0.337 e. The SMILES string of the molecule is COC(=O)c1cc(NS(=O)(=O)c2ccc(OCC(N)=O)cc2)cc(C(=O)OC)c1. The Morgan fingerprint density at radius 3 is 1.90 bits per heavy atom. The molecule has 0 bridgehead atoms. The van der Waals surface area contributed by atoms with Crippen molar-refractivity contribution in [1.82, 2.24) is 0 Å². The fourth-order valence-corrected chi connectivity index (χ4v) is 3.28. The van der Waals surface area contributed by atoms with E-state index in [9.17, 15) is 22.8 Å². The van der Waals surface area contributed by atoms with E-state index >= 15 is 0 Å². The summed E-state index contributed by atoms with van der Waals surface area (Å²) >= 11 is 0. The van der Waals surface area contributed by atoms with Crippen LogP contribution in [0.15, 0.2) is 47.4 Å². The largest absolute Gasteiger partial charge is 0.484 e. The van der Waals surface area contributed by atoms with Crippen LogP contribution in [0.1, 0.15) is 20.7 Å². The van der Waals surface area contributed by atoms with Gasteiger partial charge in [0.05, 0.1) is 35.9 Å². The number of nitrogens with two attached hydrogens (primary N) is 1. The number of primary amides is 1. The molecule has 3 N–H and O–H groups in total. The molecule has 10 nitrogen and oxygen atoms in total. The standard InChI is InChI=1S/C18H18N2O8S/c1-26-17(22)11-7-12(18(23)27-2)9-13(8-11)20-29(24,25)15-5-3-14(4-6-15)28-10-16(19)21/h3-9,20H,10H2,1-2H3,(H2,19,21). The summed E-state index contributed by atoms with van der Waals surface area (Å²) in [5.41, 5.74) is 4.86. The summed E-state index contributed by atoms with van der Waals surface area (Å²) in [7, 11) is -1.76. The zero-order chi connectivity index (χ0) is 21.6. The maximum atomic E-state index is 12.6. The van der Waals surface area contributed by atoms with Gasteiger partial charge >= 0.3 is 11.9 Å². The highest BCUT2D eigenvalue weighted by atomic mass is 32.2. The molecule has 0 radical (unpaired) electrons. The summed E-state index contributed by atoms with van der Waals surface area (Å²) in [5.74, 6) is -1.93. The second-order valence-electron chi connectivity index (χ2n) is 5.61. The monoisotopic (exact) mass is 422 g/mol. The topological polar surface area (TPSA) is 151 Å². The van der Waals surface area contributed by atoms with Gasteiger partial charge in [0.15, 0.2) is 6.61 Å². The number of esters is 2. The molecule has 2 aromatic rings. The third kappa shape index (κ3) is 5.69.